The number of hydrogen-bond acceptors (Lipinski definition) is 5. The molecule has 0 unspecified atom stereocenters. The Bertz CT molecular complexity index is 642. The third-order valence-corrected chi connectivity index (χ3v) is 3.72. The van der Waals surface area contributed by atoms with E-state index in [-0.39, 0.29) is 6.61 Å². The minimum Gasteiger partial charge on any atom is -0.443 e. The van der Waals surface area contributed by atoms with Crippen molar-refractivity contribution in [3.63, 3.8) is 0 Å². The smallest absolute Gasteiger partial charge is 0.421 e. The predicted octanol–water partition coefficient (Wildman–Crippen LogP) is 2.09. The topological polar surface area (TPSA) is 72.5 Å². The van der Waals surface area contributed by atoms with E-state index in [0.29, 0.717) is 0 Å². The lowest BCUT2D eigenvalue weighted by molar-refractivity contribution is 0.147. The van der Waals surface area contributed by atoms with Gasteiger partial charge in [0, 0.05) is 9.58 Å². The van der Waals surface area contributed by atoms with Crippen LogP contribution in [-0.4, -0.2) is 20.8 Å². The number of sulfonamides is 1. The molecule has 18 heavy (non-hydrogen) atoms. The lowest BCUT2D eigenvalue weighted by Gasteiger charge is -2.03. The van der Waals surface area contributed by atoms with Crippen molar-refractivity contribution >= 4 is 37.5 Å². The van der Waals surface area contributed by atoms with Gasteiger partial charge in [-0.25, -0.2) is 17.9 Å². The van der Waals surface area contributed by atoms with Crippen molar-refractivity contribution in [3.05, 3.63) is 35.2 Å². The molecule has 0 atom stereocenters. The van der Waals surface area contributed by atoms with Crippen LogP contribution in [0.3, 0.4) is 0 Å². The number of carbonyl (C=O) groups is 1. The van der Waals surface area contributed by atoms with Crippen molar-refractivity contribution in [1.29, 1.82) is 0 Å². The Morgan fingerprint density at radius 3 is 2.78 bits per heavy atom. The summed E-state index contributed by atoms with van der Waals surface area (Å²) >= 11 is 1.50. The first kappa shape index (κ1) is 12.8. The van der Waals surface area contributed by atoms with Crippen LogP contribution < -0.4 is 4.72 Å². The highest BCUT2D eigenvalue weighted by Crippen LogP contribution is 2.25. The van der Waals surface area contributed by atoms with Gasteiger partial charge in [0.2, 0.25) is 10.0 Å². The third kappa shape index (κ3) is 3.44. The number of thiophene rings is 1. The lowest BCUT2D eigenvalue weighted by atomic mass is 10.2. The summed E-state index contributed by atoms with van der Waals surface area (Å²) < 4.78 is 29.2. The molecule has 0 fully saturated rings. The van der Waals surface area contributed by atoms with Crippen LogP contribution in [0.5, 0.6) is 0 Å². The van der Waals surface area contributed by atoms with Gasteiger partial charge >= 0.3 is 6.09 Å². The first-order chi connectivity index (χ1) is 8.44. The fourth-order valence-electron chi connectivity index (χ4n) is 1.43. The van der Waals surface area contributed by atoms with Crippen molar-refractivity contribution in [1.82, 2.24) is 4.72 Å². The summed E-state index contributed by atoms with van der Waals surface area (Å²) in [5.74, 6) is 0. The summed E-state index contributed by atoms with van der Waals surface area (Å²) in [6.07, 6.45) is -0.0665. The SMILES string of the molecule is CS(=O)(=O)NC(=O)OCc1cc2ccccc2s1. The number of fused-ring (bicyclic) bond motifs is 1. The van der Waals surface area contributed by atoms with Gasteiger partial charge < -0.3 is 4.74 Å². The highest BCUT2D eigenvalue weighted by molar-refractivity contribution is 7.89. The number of rotatable bonds is 3. The van der Waals surface area contributed by atoms with Crippen molar-refractivity contribution in [2.75, 3.05) is 6.26 Å². The van der Waals surface area contributed by atoms with E-state index in [2.05, 4.69) is 0 Å². The monoisotopic (exact) mass is 285 g/mol. The van der Waals surface area contributed by atoms with Crippen LogP contribution in [0.4, 0.5) is 4.79 Å². The minimum atomic E-state index is -3.57. The largest absolute Gasteiger partial charge is 0.443 e. The normalized spacial score (nSPS) is 11.4. The average molecular weight is 285 g/mol. The van der Waals surface area contributed by atoms with Crippen molar-refractivity contribution in [2.24, 2.45) is 0 Å². The summed E-state index contributed by atoms with van der Waals surface area (Å²) in [6, 6.07) is 9.70. The molecule has 0 spiro atoms. The van der Waals surface area contributed by atoms with Crippen LogP contribution in [-0.2, 0) is 21.4 Å². The summed E-state index contributed by atoms with van der Waals surface area (Å²) in [7, 11) is -3.57. The Hall–Kier alpha value is -1.60. The number of benzene rings is 1. The fourth-order valence-corrected chi connectivity index (χ4v) is 2.76. The molecule has 0 saturated carbocycles. The summed E-state index contributed by atoms with van der Waals surface area (Å²) in [6.45, 7) is 0.0562. The van der Waals surface area contributed by atoms with E-state index < -0.39 is 16.1 Å². The van der Waals surface area contributed by atoms with E-state index in [1.165, 1.54) is 11.3 Å². The van der Waals surface area contributed by atoms with Gasteiger partial charge in [-0.15, -0.1) is 11.3 Å². The third-order valence-electron chi connectivity index (χ3n) is 2.09. The van der Waals surface area contributed by atoms with Gasteiger partial charge in [0.15, 0.2) is 0 Å². The molecule has 2 aromatic rings. The maximum atomic E-state index is 11.1. The maximum Gasteiger partial charge on any atom is 0.421 e. The quantitative estimate of drug-likeness (QED) is 0.937. The molecule has 0 saturated heterocycles. The molecule has 7 heteroatoms. The predicted molar refractivity (Wildman–Crippen MR) is 70.0 cm³/mol. The zero-order valence-corrected chi connectivity index (χ0v) is 11.2. The molecule has 2 rings (SSSR count). The Labute approximate surface area is 108 Å². The van der Waals surface area contributed by atoms with Crippen molar-refractivity contribution < 1.29 is 17.9 Å². The number of ether oxygens (including phenoxy) is 1. The molecular formula is C11H11NO4S2. The number of carbonyl (C=O) groups excluding carboxylic acids is 1. The molecule has 0 radical (unpaired) electrons. The van der Waals surface area contributed by atoms with Gasteiger partial charge in [0.1, 0.15) is 6.61 Å². The molecule has 0 aliphatic heterocycles. The summed E-state index contributed by atoms with van der Waals surface area (Å²) in [4.78, 5) is 12.0. The first-order valence-electron chi connectivity index (χ1n) is 5.06. The van der Waals surface area contributed by atoms with E-state index in [1.54, 1.807) is 4.72 Å². The highest BCUT2D eigenvalue weighted by Gasteiger charge is 2.10. The van der Waals surface area contributed by atoms with Crippen LogP contribution >= 0.6 is 11.3 Å². The number of nitrogens with one attached hydrogen (secondary N) is 1. The van der Waals surface area contributed by atoms with E-state index in [1.807, 2.05) is 30.3 Å². The second-order valence-electron chi connectivity index (χ2n) is 3.70. The summed E-state index contributed by atoms with van der Waals surface area (Å²) in [5, 5.41) is 1.07. The molecule has 1 aromatic carbocycles. The average Bonchev–Trinajstić information content (AvgIpc) is 2.66. The Morgan fingerprint density at radius 1 is 1.39 bits per heavy atom. The Kier molecular flexibility index (Phi) is 3.53. The number of amides is 1. The van der Waals surface area contributed by atoms with Crippen molar-refractivity contribution in [2.45, 2.75) is 6.61 Å². The van der Waals surface area contributed by atoms with Gasteiger partial charge in [-0.2, -0.15) is 0 Å². The second-order valence-corrected chi connectivity index (χ2v) is 6.62. The zero-order chi connectivity index (χ0) is 13.2. The van der Waals surface area contributed by atoms with Crippen LogP contribution in [0.1, 0.15) is 4.88 Å². The van der Waals surface area contributed by atoms with Gasteiger partial charge in [-0.3, -0.25) is 0 Å². The van der Waals surface area contributed by atoms with Crippen LogP contribution in [0.15, 0.2) is 30.3 Å². The van der Waals surface area contributed by atoms with E-state index in [0.717, 1.165) is 21.2 Å². The standard InChI is InChI=1S/C11H11NO4S2/c1-18(14,15)12-11(13)16-7-9-6-8-4-2-3-5-10(8)17-9/h2-6H,7H2,1H3,(H,12,13). The highest BCUT2D eigenvalue weighted by atomic mass is 32.2. The van der Waals surface area contributed by atoms with Crippen LogP contribution in [0, 0.1) is 0 Å². The molecule has 0 aliphatic rings. The van der Waals surface area contributed by atoms with Crippen LogP contribution in [0.2, 0.25) is 0 Å². The van der Waals surface area contributed by atoms with Crippen LogP contribution in [0.25, 0.3) is 10.1 Å². The molecule has 0 bridgehead atoms. The number of hydrogen-bond donors (Lipinski definition) is 1. The van der Waals surface area contributed by atoms with Crippen molar-refractivity contribution in [3.8, 4) is 0 Å². The van der Waals surface area contributed by atoms with Gasteiger partial charge in [-0.05, 0) is 17.5 Å². The Morgan fingerprint density at radius 2 is 2.11 bits per heavy atom. The maximum absolute atomic E-state index is 11.1. The van der Waals surface area contributed by atoms with E-state index in [4.69, 9.17) is 4.74 Å². The molecule has 1 aromatic heterocycles. The van der Waals surface area contributed by atoms with Gasteiger partial charge in [-0.1, -0.05) is 18.2 Å². The lowest BCUT2D eigenvalue weighted by Crippen LogP contribution is -2.29. The van der Waals surface area contributed by atoms with E-state index >= 15 is 0 Å². The summed E-state index contributed by atoms with van der Waals surface area (Å²) in [5.41, 5.74) is 0. The van der Waals surface area contributed by atoms with Gasteiger partial charge in [0.25, 0.3) is 0 Å². The Balaban J connectivity index is 2.00. The molecule has 1 N–H and O–H groups in total. The molecule has 1 heterocycles. The minimum absolute atomic E-state index is 0.0562. The molecule has 96 valence electrons. The van der Waals surface area contributed by atoms with Gasteiger partial charge in [0.05, 0.1) is 6.26 Å². The molecule has 0 aliphatic carbocycles. The molecule has 5 nitrogen and oxygen atoms in total. The van der Waals surface area contributed by atoms with E-state index in [9.17, 15) is 13.2 Å². The second kappa shape index (κ2) is 4.95. The molecule has 1 amide bonds. The molecular weight excluding hydrogens is 274 g/mol. The first-order valence-corrected chi connectivity index (χ1v) is 7.77. The fraction of sp³-hybridized carbons (Fsp3) is 0.182. The zero-order valence-electron chi connectivity index (χ0n) is 9.54.